The van der Waals surface area contributed by atoms with E-state index in [0.29, 0.717) is 11.4 Å². The molecule has 0 saturated heterocycles. The van der Waals surface area contributed by atoms with Gasteiger partial charge in [-0.25, -0.2) is 5.84 Å². The highest BCUT2D eigenvalue weighted by Gasteiger charge is 2.12. The Labute approximate surface area is 99.1 Å². The topological polar surface area (TPSA) is 77.1 Å². The van der Waals surface area contributed by atoms with Gasteiger partial charge in [0.05, 0.1) is 11.4 Å². The van der Waals surface area contributed by atoms with E-state index in [-0.39, 0.29) is 10.8 Å². The van der Waals surface area contributed by atoms with Gasteiger partial charge in [0.25, 0.3) is 5.91 Å². The number of hydrogen-bond acceptors (Lipinski definition) is 5. The number of carbonyl (C=O) groups excluding carboxylic acids is 1. The van der Waals surface area contributed by atoms with E-state index in [1.165, 1.54) is 11.3 Å². The number of carbonyl (C=O) groups is 1. The molecule has 0 aliphatic rings. The van der Waals surface area contributed by atoms with Crippen molar-refractivity contribution in [3.8, 4) is 0 Å². The summed E-state index contributed by atoms with van der Waals surface area (Å²) in [6.07, 6.45) is 1.70. The van der Waals surface area contributed by atoms with E-state index in [1.54, 1.807) is 21.5 Å². The molecule has 0 aliphatic heterocycles. The molecule has 0 radical (unpaired) electrons. The number of nitrogen functional groups attached to an aromatic ring is 1. The highest BCUT2D eigenvalue weighted by Crippen LogP contribution is 2.17. The maximum Gasteiger partial charge on any atom is 0.307 e. The third-order valence-electron chi connectivity index (χ3n) is 2.07. The molecule has 2 heterocycles. The van der Waals surface area contributed by atoms with Crippen molar-refractivity contribution in [1.29, 1.82) is 0 Å². The first kappa shape index (κ1) is 11.1. The summed E-state index contributed by atoms with van der Waals surface area (Å²) < 4.78 is 1.56. The lowest BCUT2D eigenvalue weighted by atomic mass is 10.2. The van der Waals surface area contributed by atoms with Crippen LogP contribution >= 0.6 is 22.7 Å². The number of nitrogens with two attached hydrogens (primary N) is 1. The quantitative estimate of drug-likeness (QED) is 0.479. The van der Waals surface area contributed by atoms with Crippen LogP contribution in [0.5, 0.6) is 0 Å². The van der Waals surface area contributed by atoms with Crippen LogP contribution in [-0.2, 0) is 6.54 Å². The lowest BCUT2D eigenvalue weighted by Gasteiger charge is -2.02. The Kier molecular flexibility index (Phi) is 3.18. The van der Waals surface area contributed by atoms with Crippen molar-refractivity contribution in [1.82, 2.24) is 9.99 Å². The van der Waals surface area contributed by atoms with E-state index in [0.717, 1.165) is 16.9 Å². The molecule has 0 bridgehead atoms. The Bertz CT molecular complexity index is 555. The minimum Gasteiger partial charge on any atom is -0.301 e. The molecule has 1 amide bonds. The summed E-state index contributed by atoms with van der Waals surface area (Å²) in [5, 5.41) is 3.52. The van der Waals surface area contributed by atoms with Crippen LogP contribution in [0.15, 0.2) is 27.8 Å². The van der Waals surface area contributed by atoms with Crippen LogP contribution in [0, 0.1) is 0 Å². The SMILES string of the molecule is NNC(=O)c1sccc1Cn1ccsc1=O. The fourth-order valence-electron chi connectivity index (χ4n) is 1.32. The predicted octanol–water partition coefficient (Wildman–Crippen LogP) is 0.623. The van der Waals surface area contributed by atoms with Crippen molar-refractivity contribution in [3.63, 3.8) is 0 Å². The van der Waals surface area contributed by atoms with Gasteiger partial charge in [0.15, 0.2) is 0 Å². The molecule has 2 aromatic heterocycles. The second-order valence-electron chi connectivity index (χ2n) is 3.05. The first-order valence-electron chi connectivity index (χ1n) is 4.43. The molecule has 0 saturated carbocycles. The second-order valence-corrected chi connectivity index (χ2v) is 4.82. The molecule has 16 heavy (non-hydrogen) atoms. The van der Waals surface area contributed by atoms with E-state index >= 15 is 0 Å². The molecule has 5 nitrogen and oxygen atoms in total. The minimum atomic E-state index is -0.326. The third-order valence-corrected chi connectivity index (χ3v) is 3.72. The average Bonchev–Trinajstić information content (AvgIpc) is 2.88. The monoisotopic (exact) mass is 255 g/mol. The molecule has 0 atom stereocenters. The van der Waals surface area contributed by atoms with Gasteiger partial charge in [-0.1, -0.05) is 11.3 Å². The second kappa shape index (κ2) is 4.60. The van der Waals surface area contributed by atoms with Crippen molar-refractivity contribution in [2.45, 2.75) is 6.54 Å². The summed E-state index contributed by atoms with van der Waals surface area (Å²) in [5.41, 5.74) is 2.89. The number of nitrogens with zero attached hydrogens (tertiary/aromatic N) is 1. The zero-order valence-electron chi connectivity index (χ0n) is 8.17. The van der Waals surface area contributed by atoms with Gasteiger partial charge in [-0.2, -0.15) is 0 Å². The molecule has 2 rings (SSSR count). The molecule has 0 fully saturated rings. The number of thiazole rings is 1. The number of hydrogen-bond donors (Lipinski definition) is 2. The van der Waals surface area contributed by atoms with Crippen molar-refractivity contribution in [2.75, 3.05) is 0 Å². The van der Waals surface area contributed by atoms with Crippen LogP contribution in [-0.4, -0.2) is 10.5 Å². The van der Waals surface area contributed by atoms with Gasteiger partial charge < -0.3 is 4.57 Å². The number of hydrazine groups is 1. The van der Waals surface area contributed by atoms with Crippen LogP contribution < -0.4 is 16.1 Å². The van der Waals surface area contributed by atoms with Crippen LogP contribution in [0.4, 0.5) is 0 Å². The smallest absolute Gasteiger partial charge is 0.301 e. The van der Waals surface area contributed by atoms with Gasteiger partial charge in [-0.15, -0.1) is 11.3 Å². The fraction of sp³-hybridized carbons (Fsp3) is 0.111. The van der Waals surface area contributed by atoms with E-state index in [4.69, 9.17) is 5.84 Å². The summed E-state index contributed by atoms with van der Waals surface area (Å²) >= 11 is 2.44. The highest BCUT2D eigenvalue weighted by atomic mass is 32.1. The predicted molar refractivity (Wildman–Crippen MR) is 63.7 cm³/mol. The maximum absolute atomic E-state index is 11.4. The van der Waals surface area contributed by atoms with Crippen molar-refractivity contribution in [3.05, 3.63) is 43.1 Å². The van der Waals surface area contributed by atoms with E-state index in [2.05, 4.69) is 5.43 Å². The summed E-state index contributed by atoms with van der Waals surface area (Å²) in [7, 11) is 0. The van der Waals surface area contributed by atoms with Gasteiger partial charge in [0.1, 0.15) is 0 Å². The Morgan fingerprint density at radius 1 is 1.44 bits per heavy atom. The highest BCUT2D eigenvalue weighted by molar-refractivity contribution is 7.12. The summed E-state index contributed by atoms with van der Waals surface area (Å²) in [5.74, 6) is 4.75. The number of thiophene rings is 1. The largest absolute Gasteiger partial charge is 0.307 e. The first-order valence-corrected chi connectivity index (χ1v) is 6.19. The average molecular weight is 255 g/mol. The molecule has 2 aromatic rings. The molecule has 0 aromatic carbocycles. The molecular weight excluding hydrogens is 246 g/mol. The zero-order valence-corrected chi connectivity index (χ0v) is 9.81. The number of rotatable bonds is 3. The fourth-order valence-corrected chi connectivity index (χ4v) is 2.72. The molecule has 0 spiro atoms. The Morgan fingerprint density at radius 2 is 2.25 bits per heavy atom. The maximum atomic E-state index is 11.4. The van der Waals surface area contributed by atoms with Gasteiger partial charge >= 0.3 is 4.87 Å². The molecule has 0 unspecified atom stereocenters. The van der Waals surface area contributed by atoms with Crippen LogP contribution in [0.2, 0.25) is 0 Å². The van der Waals surface area contributed by atoms with E-state index in [9.17, 15) is 9.59 Å². The lowest BCUT2D eigenvalue weighted by Crippen LogP contribution is -2.30. The Morgan fingerprint density at radius 3 is 2.88 bits per heavy atom. The summed E-state index contributed by atoms with van der Waals surface area (Å²) in [6, 6.07) is 1.82. The summed E-state index contributed by atoms with van der Waals surface area (Å²) in [4.78, 5) is 23.3. The van der Waals surface area contributed by atoms with Crippen LogP contribution in [0.3, 0.4) is 0 Å². The zero-order chi connectivity index (χ0) is 11.5. The van der Waals surface area contributed by atoms with Gasteiger partial charge in [-0.3, -0.25) is 15.0 Å². The number of aromatic nitrogens is 1. The molecule has 7 heteroatoms. The van der Waals surface area contributed by atoms with Crippen molar-refractivity contribution in [2.24, 2.45) is 5.84 Å². The van der Waals surface area contributed by atoms with Crippen LogP contribution in [0.25, 0.3) is 0 Å². The van der Waals surface area contributed by atoms with Gasteiger partial charge in [0, 0.05) is 11.6 Å². The molecule has 3 N–H and O–H groups in total. The van der Waals surface area contributed by atoms with E-state index < -0.39 is 0 Å². The first-order chi connectivity index (χ1) is 7.72. The standard InChI is InChI=1S/C9H9N3O2S2/c10-11-8(13)7-6(1-3-15-7)5-12-2-4-16-9(12)14/h1-4H,5,10H2,(H,11,13). The third kappa shape index (κ3) is 2.06. The Hall–Kier alpha value is -1.44. The van der Waals surface area contributed by atoms with Crippen LogP contribution in [0.1, 0.15) is 15.2 Å². The Balaban J connectivity index is 2.29. The number of amides is 1. The summed E-state index contributed by atoms with van der Waals surface area (Å²) in [6.45, 7) is 0.397. The van der Waals surface area contributed by atoms with E-state index in [1.807, 2.05) is 6.07 Å². The molecule has 0 aliphatic carbocycles. The molecular formula is C9H9N3O2S2. The normalized spacial score (nSPS) is 10.3. The lowest BCUT2D eigenvalue weighted by molar-refractivity contribution is 0.0957. The number of nitrogens with one attached hydrogen (secondary N) is 1. The molecule has 84 valence electrons. The van der Waals surface area contributed by atoms with Gasteiger partial charge in [0.2, 0.25) is 0 Å². The van der Waals surface area contributed by atoms with Crippen molar-refractivity contribution >= 4 is 28.6 Å². The van der Waals surface area contributed by atoms with Gasteiger partial charge in [-0.05, 0) is 17.0 Å². The minimum absolute atomic E-state index is 0.0368. The van der Waals surface area contributed by atoms with Crippen molar-refractivity contribution < 1.29 is 4.79 Å².